The van der Waals surface area contributed by atoms with Crippen molar-refractivity contribution in [3.05, 3.63) is 77.0 Å². The molecule has 1 aliphatic rings. The second-order valence-electron chi connectivity index (χ2n) is 8.92. The van der Waals surface area contributed by atoms with Crippen molar-refractivity contribution < 1.29 is 37.4 Å². The molecule has 40 heavy (non-hydrogen) atoms. The van der Waals surface area contributed by atoms with Crippen LogP contribution in [0, 0.1) is 5.82 Å². The summed E-state index contributed by atoms with van der Waals surface area (Å²) in [6, 6.07) is 10.2. The van der Waals surface area contributed by atoms with Crippen LogP contribution in [0.15, 0.2) is 59.2 Å². The van der Waals surface area contributed by atoms with Gasteiger partial charge in [0.15, 0.2) is 17.3 Å². The van der Waals surface area contributed by atoms with E-state index in [1.807, 2.05) is 0 Å². The molecular formula is C28H29ClFN3O7. The van der Waals surface area contributed by atoms with Gasteiger partial charge < -0.3 is 29.3 Å². The third-order valence-electron chi connectivity index (χ3n) is 6.35. The van der Waals surface area contributed by atoms with E-state index < -0.39 is 36.1 Å². The Kier molecular flexibility index (Phi) is 9.62. The lowest BCUT2D eigenvalue weighted by atomic mass is 10.0. The van der Waals surface area contributed by atoms with Gasteiger partial charge in [-0.25, -0.2) is 4.39 Å². The van der Waals surface area contributed by atoms with E-state index >= 15 is 0 Å². The molecule has 1 fully saturated rings. The van der Waals surface area contributed by atoms with Crippen molar-refractivity contribution in [2.75, 3.05) is 38.8 Å². The zero-order valence-corrected chi connectivity index (χ0v) is 22.7. The summed E-state index contributed by atoms with van der Waals surface area (Å²) in [6.07, 6.45) is 2.84. The maximum atomic E-state index is 14.1. The predicted molar refractivity (Wildman–Crippen MR) is 144 cm³/mol. The van der Waals surface area contributed by atoms with Crippen molar-refractivity contribution >= 4 is 35.0 Å². The summed E-state index contributed by atoms with van der Waals surface area (Å²) >= 11 is 6.07. The van der Waals surface area contributed by atoms with Gasteiger partial charge in [-0.05, 0) is 60.9 Å². The van der Waals surface area contributed by atoms with Crippen molar-refractivity contribution in [2.45, 2.75) is 25.0 Å². The average Bonchev–Trinajstić information content (AvgIpc) is 3.69. The predicted octanol–water partition coefficient (Wildman–Crippen LogP) is 3.89. The number of amides is 3. The number of nitrogens with one attached hydrogen (secondary N) is 2. The molecule has 1 aliphatic heterocycles. The first-order valence-corrected chi connectivity index (χ1v) is 12.9. The number of ether oxygens (including phenoxy) is 3. The summed E-state index contributed by atoms with van der Waals surface area (Å²) < 4.78 is 35.6. The standard InChI is InChI=1S/C28H29ClFN3O7/c1-37-22-10-7-17(13-24(22)38-2)26(28(36)31-15-19-5-3-11-39-19)33(18-8-9-21(30)20(29)14-18)25(34)16-32-27(35)23-6-4-12-40-23/h4,6-10,12-14,19,26H,3,5,11,15-16H2,1-2H3,(H,31,36)(H,32,35)/t19-,26-/m0/s1. The first kappa shape index (κ1) is 28.9. The van der Waals surface area contributed by atoms with Crippen molar-refractivity contribution in [3.63, 3.8) is 0 Å². The fraction of sp³-hybridized carbons (Fsp3) is 0.321. The van der Waals surface area contributed by atoms with Crippen LogP contribution in [0.1, 0.15) is 35.0 Å². The Morgan fingerprint density at radius 2 is 1.90 bits per heavy atom. The summed E-state index contributed by atoms with van der Waals surface area (Å²) in [6.45, 7) is 0.328. The maximum Gasteiger partial charge on any atom is 0.287 e. The topological polar surface area (TPSA) is 119 Å². The number of carbonyl (C=O) groups excluding carboxylic acids is 3. The van der Waals surface area contributed by atoms with Gasteiger partial charge >= 0.3 is 0 Å². The first-order valence-electron chi connectivity index (χ1n) is 12.5. The number of hydrogen-bond acceptors (Lipinski definition) is 7. The van der Waals surface area contributed by atoms with E-state index in [0.29, 0.717) is 23.7 Å². The van der Waals surface area contributed by atoms with Gasteiger partial charge in [-0.15, -0.1) is 0 Å². The maximum absolute atomic E-state index is 14.1. The monoisotopic (exact) mass is 573 g/mol. The van der Waals surface area contributed by atoms with Gasteiger partial charge in [0.1, 0.15) is 11.9 Å². The number of furan rings is 1. The highest BCUT2D eigenvalue weighted by molar-refractivity contribution is 6.31. The molecule has 12 heteroatoms. The summed E-state index contributed by atoms with van der Waals surface area (Å²) in [5.41, 5.74) is 0.504. The third kappa shape index (κ3) is 6.72. The van der Waals surface area contributed by atoms with Crippen molar-refractivity contribution in [2.24, 2.45) is 0 Å². The highest BCUT2D eigenvalue weighted by Crippen LogP contribution is 2.35. The van der Waals surface area contributed by atoms with E-state index in [1.165, 1.54) is 44.7 Å². The normalized spacial score (nSPS) is 15.2. The molecule has 2 aromatic carbocycles. The highest BCUT2D eigenvalue weighted by Gasteiger charge is 2.34. The molecule has 3 aromatic rings. The highest BCUT2D eigenvalue weighted by atomic mass is 35.5. The molecule has 1 aromatic heterocycles. The van der Waals surface area contributed by atoms with Crippen molar-refractivity contribution in [1.29, 1.82) is 0 Å². The van der Waals surface area contributed by atoms with E-state index in [0.717, 1.165) is 23.8 Å². The molecule has 2 atom stereocenters. The molecule has 4 rings (SSSR count). The van der Waals surface area contributed by atoms with Crippen LogP contribution in [-0.4, -0.2) is 57.7 Å². The van der Waals surface area contributed by atoms with Gasteiger partial charge in [0.25, 0.3) is 5.91 Å². The van der Waals surface area contributed by atoms with Gasteiger partial charge in [-0.1, -0.05) is 17.7 Å². The van der Waals surface area contributed by atoms with E-state index in [-0.39, 0.29) is 29.1 Å². The van der Waals surface area contributed by atoms with Crippen molar-refractivity contribution in [3.8, 4) is 11.5 Å². The van der Waals surface area contributed by atoms with E-state index in [2.05, 4.69) is 10.6 Å². The van der Waals surface area contributed by atoms with Gasteiger partial charge in [-0.3, -0.25) is 19.3 Å². The fourth-order valence-electron chi connectivity index (χ4n) is 4.36. The number of anilines is 1. The fourth-order valence-corrected chi connectivity index (χ4v) is 4.54. The van der Waals surface area contributed by atoms with Crippen LogP contribution < -0.4 is 25.0 Å². The van der Waals surface area contributed by atoms with Crippen LogP contribution in [0.4, 0.5) is 10.1 Å². The molecule has 2 heterocycles. The van der Waals surface area contributed by atoms with Gasteiger partial charge in [0, 0.05) is 18.8 Å². The molecule has 1 saturated heterocycles. The summed E-state index contributed by atoms with van der Waals surface area (Å²) in [5.74, 6) is -1.78. The lowest BCUT2D eigenvalue weighted by molar-refractivity contribution is -0.126. The minimum atomic E-state index is -1.27. The lowest BCUT2D eigenvalue weighted by Gasteiger charge is -2.32. The molecule has 0 unspecified atom stereocenters. The number of carbonyl (C=O) groups is 3. The molecule has 3 amide bonds. The number of nitrogens with zero attached hydrogens (tertiary/aromatic N) is 1. The number of halogens is 2. The largest absolute Gasteiger partial charge is 0.493 e. The van der Waals surface area contributed by atoms with Crippen LogP contribution in [0.25, 0.3) is 0 Å². The van der Waals surface area contributed by atoms with Crippen molar-refractivity contribution in [1.82, 2.24) is 10.6 Å². The van der Waals surface area contributed by atoms with Crippen LogP contribution in [0.3, 0.4) is 0 Å². The molecule has 0 bridgehead atoms. The Bertz CT molecular complexity index is 1350. The summed E-state index contributed by atoms with van der Waals surface area (Å²) in [4.78, 5) is 41.2. The molecule has 0 radical (unpaired) electrons. The van der Waals surface area contributed by atoms with E-state index in [1.54, 1.807) is 18.2 Å². The second kappa shape index (κ2) is 13.3. The number of benzene rings is 2. The second-order valence-corrected chi connectivity index (χ2v) is 9.33. The number of rotatable bonds is 11. The van der Waals surface area contributed by atoms with Gasteiger partial charge in [0.2, 0.25) is 11.8 Å². The Morgan fingerprint density at radius 1 is 1.10 bits per heavy atom. The molecule has 0 saturated carbocycles. The smallest absolute Gasteiger partial charge is 0.287 e. The zero-order valence-electron chi connectivity index (χ0n) is 21.9. The number of hydrogen-bond donors (Lipinski definition) is 2. The Balaban J connectivity index is 1.73. The summed E-state index contributed by atoms with van der Waals surface area (Å²) in [7, 11) is 2.92. The Hall–Kier alpha value is -4.09. The Morgan fingerprint density at radius 3 is 2.55 bits per heavy atom. The lowest BCUT2D eigenvalue weighted by Crippen LogP contribution is -2.48. The third-order valence-corrected chi connectivity index (χ3v) is 6.64. The summed E-state index contributed by atoms with van der Waals surface area (Å²) in [5, 5.41) is 5.12. The molecule has 0 spiro atoms. The average molecular weight is 574 g/mol. The van der Waals surface area contributed by atoms with Gasteiger partial charge in [-0.2, -0.15) is 0 Å². The molecule has 10 nitrogen and oxygen atoms in total. The minimum absolute atomic E-state index is 0.00919. The first-order chi connectivity index (χ1) is 19.3. The minimum Gasteiger partial charge on any atom is -0.493 e. The molecule has 0 aliphatic carbocycles. The Labute approximate surface area is 235 Å². The molecular weight excluding hydrogens is 545 g/mol. The van der Waals surface area contributed by atoms with Gasteiger partial charge in [0.05, 0.1) is 38.2 Å². The van der Waals surface area contributed by atoms with Crippen LogP contribution >= 0.6 is 11.6 Å². The zero-order chi connectivity index (χ0) is 28.6. The van der Waals surface area contributed by atoms with Crippen LogP contribution in [0.2, 0.25) is 5.02 Å². The van der Waals surface area contributed by atoms with Crippen LogP contribution in [-0.2, 0) is 14.3 Å². The SMILES string of the molecule is COc1ccc([C@@H](C(=O)NC[C@@H]2CCCO2)N(C(=O)CNC(=O)c2ccco2)c2ccc(F)c(Cl)c2)cc1OC. The van der Waals surface area contributed by atoms with E-state index in [9.17, 15) is 18.8 Å². The van der Waals surface area contributed by atoms with E-state index in [4.69, 9.17) is 30.2 Å². The quantitative estimate of drug-likeness (QED) is 0.357. The van der Waals surface area contributed by atoms with Crippen LogP contribution in [0.5, 0.6) is 11.5 Å². The molecule has 2 N–H and O–H groups in total. The number of methoxy groups -OCH3 is 2. The molecule has 212 valence electrons.